The number of ketones is 1. The van der Waals surface area contributed by atoms with E-state index in [9.17, 15) is 4.79 Å². The Bertz CT molecular complexity index is 534. The fraction of sp³-hybridized carbons (Fsp3) is 0.154. The van der Waals surface area contributed by atoms with Crippen molar-refractivity contribution >= 4 is 40.5 Å². The van der Waals surface area contributed by atoms with Crippen molar-refractivity contribution in [3.63, 3.8) is 0 Å². The normalized spacial score (nSPS) is 10.5. The maximum atomic E-state index is 12.2. The molecule has 1 heterocycles. The summed E-state index contributed by atoms with van der Waals surface area (Å²) in [6, 6.07) is 11.4. The third kappa shape index (κ3) is 3.12. The first-order valence-corrected chi connectivity index (χ1v) is 7.53. The summed E-state index contributed by atoms with van der Waals surface area (Å²) in [6.07, 6.45) is 2.41. The van der Waals surface area contributed by atoms with Crippen LogP contribution in [0.5, 0.6) is 0 Å². The highest BCUT2D eigenvalue weighted by atomic mass is 35.5. The van der Waals surface area contributed by atoms with E-state index in [1.807, 2.05) is 42.7 Å². The van der Waals surface area contributed by atoms with Gasteiger partial charge in [-0.05, 0) is 24.5 Å². The summed E-state index contributed by atoms with van der Waals surface area (Å²) in [5, 5.41) is 0. The predicted molar refractivity (Wildman–Crippen MR) is 75.6 cm³/mol. The van der Waals surface area contributed by atoms with Crippen LogP contribution in [0.2, 0.25) is 4.34 Å². The number of thioether (sulfide) groups is 1. The van der Waals surface area contributed by atoms with Gasteiger partial charge in [0, 0.05) is 21.8 Å². The van der Waals surface area contributed by atoms with Crippen molar-refractivity contribution in [1.29, 1.82) is 0 Å². The molecule has 0 bridgehead atoms. The summed E-state index contributed by atoms with van der Waals surface area (Å²) < 4.78 is 0.728. The van der Waals surface area contributed by atoms with Gasteiger partial charge >= 0.3 is 0 Å². The van der Waals surface area contributed by atoms with Crippen LogP contribution < -0.4 is 0 Å². The predicted octanol–water partition coefficient (Wildman–Crippen LogP) is 4.55. The van der Waals surface area contributed by atoms with E-state index in [0.717, 1.165) is 19.7 Å². The Kier molecular flexibility index (Phi) is 4.26. The van der Waals surface area contributed by atoms with Crippen molar-refractivity contribution < 1.29 is 4.79 Å². The minimum absolute atomic E-state index is 0.147. The smallest absolute Gasteiger partial charge is 0.169 e. The van der Waals surface area contributed by atoms with Gasteiger partial charge in [-0.1, -0.05) is 29.8 Å². The monoisotopic (exact) mass is 282 g/mol. The Morgan fingerprint density at radius 2 is 2.06 bits per heavy atom. The van der Waals surface area contributed by atoms with Crippen molar-refractivity contribution in [1.82, 2.24) is 0 Å². The summed E-state index contributed by atoms with van der Waals surface area (Å²) in [5.74, 6) is 0.147. The number of thiophene rings is 1. The van der Waals surface area contributed by atoms with Crippen LogP contribution in [0.1, 0.15) is 15.2 Å². The first-order chi connectivity index (χ1) is 8.20. The second-order valence-corrected chi connectivity index (χ2v) is 6.15. The number of halogens is 1. The van der Waals surface area contributed by atoms with Gasteiger partial charge < -0.3 is 0 Å². The molecule has 2 aromatic rings. The summed E-state index contributed by atoms with van der Waals surface area (Å²) in [6.45, 7) is 0. The molecule has 0 saturated heterocycles. The maximum Gasteiger partial charge on any atom is 0.169 e. The van der Waals surface area contributed by atoms with Crippen LogP contribution >= 0.6 is 34.7 Å². The highest BCUT2D eigenvalue weighted by Crippen LogP contribution is 2.25. The Morgan fingerprint density at radius 3 is 2.71 bits per heavy atom. The molecule has 0 amide bonds. The molecule has 2 rings (SSSR count). The van der Waals surface area contributed by atoms with Crippen molar-refractivity contribution in [2.45, 2.75) is 11.3 Å². The van der Waals surface area contributed by atoms with E-state index < -0.39 is 0 Å². The molecule has 4 heteroatoms. The first kappa shape index (κ1) is 12.7. The van der Waals surface area contributed by atoms with Crippen LogP contribution in [0.25, 0.3) is 0 Å². The Hall–Kier alpha value is -0.770. The molecule has 0 aliphatic carbocycles. The molecule has 0 aliphatic rings. The average Bonchev–Trinajstić information content (AvgIpc) is 2.74. The molecule has 0 atom stereocenters. The van der Waals surface area contributed by atoms with Crippen LogP contribution in [0.3, 0.4) is 0 Å². The Labute approximate surface area is 114 Å². The number of Topliss-reactive ketones (excluding diaryl/α,β-unsaturated/α-hetero) is 1. The fourth-order valence-corrected chi connectivity index (χ4v) is 3.28. The molecular formula is C13H11ClOS2. The van der Waals surface area contributed by atoms with Gasteiger partial charge in [-0.3, -0.25) is 4.79 Å². The van der Waals surface area contributed by atoms with Gasteiger partial charge in [0.2, 0.25) is 0 Å². The third-order valence-corrected chi connectivity index (χ3v) is 4.40. The van der Waals surface area contributed by atoms with E-state index in [0.29, 0.717) is 6.42 Å². The van der Waals surface area contributed by atoms with Gasteiger partial charge in [-0.2, -0.15) is 0 Å². The van der Waals surface area contributed by atoms with E-state index in [1.54, 1.807) is 11.8 Å². The van der Waals surface area contributed by atoms with Crippen LogP contribution in [-0.4, -0.2) is 12.0 Å². The number of hydrogen-bond donors (Lipinski definition) is 0. The highest BCUT2D eigenvalue weighted by Gasteiger charge is 2.12. The Morgan fingerprint density at radius 1 is 1.29 bits per heavy atom. The molecule has 0 unspecified atom stereocenters. The quantitative estimate of drug-likeness (QED) is 0.604. The molecule has 1 aromatic carbocycles. The van der Waals surface area contributed by atoms with Crippen LogP contribution in [0.15, 0.2) is 41.3 Å². The molecule has 1 aromatic heterocycles. The van der Waals surface area contributed by atoms with Crippen LogP contribution in [-0.2, 0) is 6.42 Å². The lowest BCUT2D eigenvalue weighted by Gasteiger charge is -2.04. The Balaban J connectivity index is 2.20. The van der Waals surface area contributed by atoms with Gasteiger partial charge in [0.05, 0.1) is 4.34 Å². The van der Waals surface area contributed by atoms with Gasteiger partial charge in [-0.15, -0.1) is 23.1 Å². The zero-order valence-corrected chi connectivity index (χ0v) is 11.7. The molecular weight excluding hydrogens is 272 g/mol. The van der Waals surface area contributed by atoms with E-state index in [4.69, 9.17) is 11.6 Å². The summed E-state index contributed by atoms with van der Waals surface area (Å²) in [7, 11) is 0. The molecule has 0 aliphatic heterocycles. The second kappa shape index (κ2) is 5.71. The van der Waals surface area contributed by atoms with Crippen molar-refractivity contribution in [3.8, 4) is 0 Å². The zero-order valence-electron chi connectivity index (χ0n) is 9.27. The van der Waals surface area contributed by atoms with Crippen LogP contribution in [0.4, 0.5) is 0 Å². The van der Waals surface area contributed by atoms with Crippen molar-refractivity contribution in [2.24, 2.45) is 0 Å². The van der Waals surface area contributed by atoms with E-state index in [2.05, 4.69) is 0 Å². The SMILES string of the molecule is CSc1ccccc1C(=O)Cc1ccc(Cl)s1. The number of rotatable bonds is 4. The minimum Gasteiger partial charge on any atom is -0.294 e. The largest absolute Gasteiger partial charge is 0.294 e. The minimum atomic E-state index is 0.147. The first-order valence-electron chi connectivity index (χ1n) is 5.11. The van der Waals surface area contributed by atoms with Crippen LogP contribution in [0, 0.1) is 0 Å². The molecule has 17 heavy (non-hydrogen) atoms. The van der Waals surface area contributed by atoms with Gasteiger partial charge in [0.15, 0.2) is 5.78 Å². The number of carbonyl (C=O) groups excluding carboxylic acids is 1. The molecule has 0 radical (unpaired) electrons. The molecule has 0 spiro atoms. The zero-order chi connectivity index (χ0) is 12.3. The van der Waals surface area contributed by atoms with E-state index in [1.165, 1.54) is 11.3 Å². The summed E-state index contributed by atoms with van der Waals surface area (Å²) in [4.78, 5) is 14.2. The van der Waals surface area contributed by atoms with Gasteiger partial charge in [-0.25, -0.2) is 0 Å². The lowest BCUT2D eigenvalue weighted by Crippen LogP contribution is -2.03. The molecule has 0 saturated carbocycles. The molecule has 0 N–H and O–H groups in total. The molecule has 88 valence electrons. The summed E-state index contributed by atoms with van der Waals surface area (Å²) >= 11 is 8.91. The second-order valence-electron chi connectivity index (χ2n) is 3.51. The van der Waals surface area contributed by atoms with Crippen molar-refractivity contribution in [2.75, 3.05) is 6.26 Å². The van der Waals surface area contributed by atoms with E-state index >= 15 is 0 Å². The maximum absolute atomic E-state index is 12.2. The number of hydrogen-bond acceptors (Lipinski definition) is 3. The van der Waals surface area contributed by atoms with Gasteiger partial charge in [0.1, 0.15) is 0 Å². The topological polar surface area (TPSA) is 17.1 Å². The summed E-state index contributed by atoms with van der Waals surface area (Å²) in [5.41, 5.74) is 0.796. The van der Waals surface area contributed by atoms with Crippen molar-refractivity contribution in [3.05, 3.63) is 51.2 Å². The highest BCUT2D eigenvalue weighted by molar-refractivity contribution is 7.98. The van der Waals surface area contributed by atoms with Gasteiger partial charge in [0.25, 0.3) is 0 Å². The fourth-order valence-electron chi connectivity index (χ4n) is 1.58. The number of benzene rings is 1. The third-order valence-electron chi connectivity index (χ3n) is 2.37. The molecule has 0 fully saturated rings. The van der Waals surface area contributed by atoms with E-state index in [-0.39, 0.29) is 5.78 Å². The standard InChI is InChI=1S/C13H11ClOS2/c1-16-12-5-3-2-4-10(12)11(15)8-9-6-7-13(14)17-9/h2-7H,8H2,1H3. The lowest BCUT2D eigenvalue weighted by atomic mass is 10.1. The number of carbonyl (C=O) groups is 1. The average molecular weight is 283 g/mol. The lowest BCUT2D eigenvalue weighted by molar-refractivity contribution is 0.0991. The molecule has 1 nitrogen and oxygen atoms in total.